The third-order valence-electron chi connectivity index (χ3n) is 6.12. The maximum absolute atomic E-state index is 14.0. The Balaban J connectivity index is 1.55. The standard InChI is InChI=1S/C26H24N2O3S/c1-18-10-12-19(13-11-18)17-27-23-9-4-3-8-22(23)26(25(27)30)28(14-15-32-26)24(29)20-6-5-7-21(16-20)31-2/h3-13,16H,14-15,17H2,1-2H3. The van der Waals surface area contributed by atoms with Crippen molar-refractivity contribution in [2.75, 3.05) is 24.3 Å². The Morgan fingerprint density at radius 1 is 1.06 bits per heavy atom. The lowest BCUT2D eigenvalue weighted by molar-refractivity contribution is -0.123. The van der Waals surface area contributed by atoms with Crippen LogP contribution in [0.1, 0.15) is 27.0 Å². The Hall–Kier alpha value is -3.25. The minimum absolute atomic E-state index is 0.0574. The number of hydrogen-bond donors (Lipinski definition) is 0. The summed E-state index contributed by atoms with van der Waals surface area (Å²) < 4.78 is 5.30. The molecule has 3 aromatic rings. The van der Waals surface area contributed by atoms with Gasteiger partial charge in [0.2, 0.25) is 0 Å². The maximum Gasteiger partial charge on any atom is 0.268 e. The SMILES string of the molecule is COc1cccc(C(=O)N2CCSC23C(=O)N(Cc2ccc(C)cc2)c2ccccc23)c1. The number of anilines is 1. The van der Waals surface area contributed by atoms with Crippen molar-refractivity contribution in [2.24, 2.45) is 0 Å². The van der Waals surface area contributed by atoms with Gasteiger partial charge in [0, 0.05) is 23.4 Å². The van der Waals surface area contributed by atoms with E-state index in [1.807, 2.05) is 42.2 Å². The smallest absolute Gasteiger partial charge is 0.268 e. The van der Waals surface area contributed by atoms with E-state index in [4.69, 9.17) is 4.74 Å². The number of rotatable bonds is 4. The van der Waals surface area contributed by atoms with Gasteiger partial charge in [-0.25, -0.2) is 0 Å². The molecule has 1 spiro atoms. The highest BCUT2D eigenvalue weighted by Gasteiger charge is 2.59. The molecule has 1 atom stereocenters. The first kappa shape index (κ1) is 20.6. The predicted octanol–water partition coefficient (Wildman–Crippen LogP) is 4.59. The molecule has 0 aromatic heterocycles. The first-order valence-electron chi connectivity index (χ1n) is 10.6. The lowest BCUT2D eigenvalue weighted by Gasteiger charge is -2.33. The molecule has 3 aromatic carbocycles. The summed E-state index contributed by atoms with van der Waals surface area (Å²) in [4.78, 5) is 30.2. The van der Waals surface area contributed by atoms with Gasteiger partial charge in [-0.2, -0.15) is 0 Å². The van der Waals surface area contributed by atoms with Gasteiger partial charge in [-0.3, -0.25) is 9.59 Å². The molecule has 5 rings (SSSR count). The van der Waals surface area contributed by atoms with Crippen LogP contribution >= 0.6 is 11.8 Å². The first-order chi connectivity index (χ1) is 15.5. The third-order valence-corrected chi connectivity index (χ3v) is 7.54. The number of nitrogens with zero attached hydrogens (tertiary/aromatic N) is 2. The fourth-order valence-electron chi connectivity index (χ4n) is 4.51. The van der Waals surface area contributed by atoms with E-state index in [-0.39, 0.29) is 11.8 Å². The monoisotopic (exact) mass is 444 g/mol. The van der Waals surface area contributed by atoms with Crippen LogP contribution in [0.5, 0.6) is 5.75 Å². The fourth-order valence-corrected chi connectivity index (χ4v) is 5.97. The molecule has 0 bridgehead atoms. The average Bonchev–Trinajstić information content (AvgIpc) is 3.37. The van der Waals surface area contributed by atoms with Crippen LogP contribution in [0.2, 0.25) is 0 Å². The second-order valence-corrected chi connectivity index (χ2v) is 9.36. The number of methoxy groups -OCH3 is 1. The maximum atomic E-state index is 14.0. The average molecular weight is 445 g/mol. The number of fused-ring (bicyclic) bond motifs is 2. The van der Waals surface area contributed by atoms with Gasteiger partial charge < -0.3 is 14.5 Å². The number of para-hydroxylation sites is 1. The lowest BCUT2D eigenvalue weighted by Crippen LogP contribution is -2.50. The van der Waals surface area contributed by atoms with Crippen molar-refractivity contribution in [1.82, 2.24) is 4.90 Å². The first-order valence-corrected chi connectivity index (χ1v) is 11.6. The fraction of sp³-hybridized carbons (Fsp3) is 0.231. The van der Waals surface area contributed by atoms with Crippen molar-refractivity contribution in [3.8, 4) is 5.75 Å². The number of benzene rings is 3. The van der Waals surface area contributed by atoms with E-state index in [1.165, 1.54) is 5.56 Å². The van der Waals surface area contributed by atoms with Gasteiger partial charge in [-0.15, -0.1) is 11.8 Å². The molecule has 162 valence electrons. The molecular formula is C26H24N2O3S. The van der Waals surface area contributed by atoms with Gasteiger partial charge in [-0.1, -0.05) is 54.1 Å². The van der Waals surface area contributed by atoms with Gasteiger partial charge in [0.05, 0.1) is 19.3 Å². The van der Waals surface area contributed by atoms with Crippen LogP contribution < -0.4 is 9.64 Å². The van der Waals surface area contributed by atoms with E-state index < -0.39 is 4.87 Å². The third kappa shape index (κ3) is 3.17. The van der Waals surface area contributed by atoms with Crippen molar-refractivity contribution in [3.63, 3.8) is 0 Å². The van der Waals surface area contributed by atoms with Crippen molar-refractivity contribution in [1.29, 1.82) is 0 Å². The summed E-state index contributed by atoms with van der Waals surface area (Å²) in [5.74, 6) is 1.11. The lowest BCUT2D eigenvalue weighted by atomic mass is 10.0. The van der Waals surface area contributed by atoms with E-state index in [9.17, 15) is 9.59 Å². The summed E-state index contributed by atoms with van der Waals surface area (Å²) in [6, 6.07) is 23.2. The normalized spacial score (nSPS) is 19.5. The van der Waals surface area contributed by atoms with E-state index in [2.05, 4.69) is 24.3 Å². The molecule has 5 nitrogen and oxygen atoms in total. The zero-order chi connectivity index (χ0) is 22.3. The van der Waals surface area contributed by atoms with E-state index in [1.54, 1.807) is 42.0 Å². The molecule has 0 N–H and O–H groups in total. The number of carbonyl (C=O) groups is 2. The number of aryl methyl sites for hydroxylation is 1. The van der Waals surface area contributed by atoms with Crippen LogP contribution in [-0.4, -0.2) is 36.1 Å². The second kappa shape index (κ2) is 8.02. The van der Waals surface area contributed by atoms with Crippen molar-refractivity contribution >= 4 is 29.3 Å². The van der Waals surface area contributed by atoms with Crippen LogP contribution in [0.25, 0.3) is 0 Å². The molecule has 32 heavy (non-hydrogen) atoms. The Bertz CT molecular complexity index is 1190. The highest BCUT2D eigenvalue weighted by Crippen LogP contribution is 2.54. The molecule has 1 saturated heterocycles. The Kier molecular flexibility index (Phi) is 5.18. The number of hydrogen-bond acceptors (Lipinski definition) is 4. The van der Waals surface area contributed by atoms with Crippen LogP contribution in [0.4, 0.5) is 5.69 Å². The van der Waals surface area contributed by atoms with Gasteiger partial charge in [-0.05, 0) is 36.8 Å². The Morgan fingerprint density at radius 2 is 1.84 bits per heavy atom. The number of thioether (sulfide) groups is 1. The molecular weight excluding hydrogens is 420 g/mol. The minimum Gasteiger partial charge on any atom is -0.497 e. The van der Waals surface area contributed by atoms with Gasteiger partial charge in [0.25, 0.3) is 11.8 Å². The summed E-state index contributed by atoms with van der Waals surface area (Å²) in [6.07, 6.45) is 0. The summed E-state index contributed by atoms with van der Waals surface area (Å²) in [6.45, 7) is 3.03. The molecule has 2 aliphatic heterocycles. The molecule has 2 heterocycles. The van der Waals surface area contributed by atoms with E-state index in [0.29, 0.717) is 30.2 Å². The number of ether oxygens (including phenoxy) is 1. The summed E-state index contributed by atoms with van der Waals surface area (Å²) >= 11 is 1.54. The second-order valence-electron chi connectivity index (χ2n) is 8.08. The van der Waals surface area contributed by atoms with Crippen LogP contribution in [0.15, 0.2) is 72.8 Å². The molecule has 6 heteroatoms. The summed E-state index contributed by atoms with van der Waals surface area (Å²) in [7, 11) is 1.58. The van der Waals surface area contributed by atoms with Gasteiger partial charge >= 0.3 is 0 Å². The molecule has 0 saturated carbocycles. The molecule has 1 unspecified atom stereocenters. The highest BCUT2D eigenvalue weighted by molar-refractivity contribution is 8.01. The molecule has 0 aliphatic carbocycles. The van der Waals surface area contributed by atoms with Crippen molar-refractivity contribution < 1.29 is 14.3 Å². The van der Waals surface area contributed by atoms with Crippen LogP contribution in [0, 0.1) is 6.92 Å². The van der Waals surface area contributed by atoms with Crippen LogP contribution in [0.3, 0.4) is 0 Å². The zero-order valence-corrected chi connectivity index (χ0v) is 18.9. The Labute approximate surface area is 192 Å². The van der Waals surface area contributed by atoms with Gasteiger partial charge in [0.15, 0.2) is 4.87 Å². The topological polar surface area (TPSA) is 49.9 Å². The molecule has 2 aliphatic rings. The summed E-state index contributed by atoms with van der Waals surface area (Å²) in [5, 5.41) is 0. The van der Waals surface area contributed by atoms with Crippen molar-refractivity contribution in [3.05, 3.63) is 95.1 Å². The van der Waals surface area contributed by atoms with E-state index in [0.717, 1.165) is 16.8 Å². The quantitative estimate of drug-likeness (QED) is 0.591. The largest absolute Gasteiger partial charge is 0.497 e. The summed E-state index contributed by atoms with van der Waals surface area (Å²) in [5.41, 5.74) is 4.52. The number of amides is 2. The van der Waals surface area contributed by atoms with E-state index >= 15 is 0 Å². The van der Waals surface area contributed by atoms with Crippen LogP contribution in [-0.2, 0) is 16.2 Å². The molecule has 1 fully saturated rings. The van der Waals surface area contributed by atoms with Crippen molar-refractivity contribution in [2.45, 2.75) is 18.3 Å². The minimum atomic E-state index is -1.04. The van der Waals surface area contributed by atoms with Gasteiger partial charge in [0.1, 0.15) is 5.75 Å². The molecule has 2 amide bonds. The zero-order valence-electron chi connectivity index (χ0n) is 18.1. The highest BCUT2D eigenvalue weighted by atomic mass is 32.2. The Morgan fingerprint density at radius 3 is 2.62 bits per heavy atom. The number of carbonyl (C=O) groups excluding carboxylic acids is 2. The predicted molar refractivity (Wildman–Crippen MR) is 127 cm³/mol. The molecule has 0 radical (unpaired) electrons.